The molecule has 0 saturated carbocycles. The average Bonchev–Trinajstić information content (AvgIpc) is 3.02. The summed E-state index contributed by atoms with van der Waals surface area (Å²) in [6, 6.07) is 11.1. The topological polar surface area (TPSA) is 67.9 Å². The molecule has 0 aliphatic rings. The van der Waals surface area contributed by atoms with Gasteiger partial charge in [0.05, 0.1) is 30.1 Å². The molecule has 0 saturated heterocycles. The molecule has 0 bridgehead atoms. The van der Waals surface area contributed by atoms with E-state index in [2.05, 4.69) is 11.1 Å². The van der Waals surface area contributed by atoms with Crippen molar-refractivity contribution in [3.63, 3.8) is 0 Å². The van der Waals surface area contributed by atoms with Crippen molar-refractivity contribution in [3.05, 3.63) is 46.1 Å². The van der Waals surface area contributed by atoms with Crippen LogP contribution in [0.1, 0.15) is 0 Å². The Bertz CT molecular complexity index is 924. The van der Waals surface area contributed by atoms with E-state index in [1.54, 1.807) is 13.2 Å². The predicted octanol–water partition coefficient (Wildman–Crippen LogP) is 3.07. The third-order valence-corrected chi connectivity index (χ3v) is 4.72. The Morgan fingerprint density at radius 2 is 2.32 bits per heavy atom. The highest BCUT2D eigenvalue weighted by atomic mass is 32.2. The predicted molar refractivity (Wildman–Crippen MR) is 88.1 cm³/mol. The van der Waals surface area contributed by atoms with Gasteiger partial charge in [0.1, 0.15) is 10.4 Å². The van der Waals surface area contributed by atoms with Gasteiger partial charge in [0.2, 0.25) is 0 Å². The normalized spacial score (nSPS) is 10.5. The maximum Gasteiger partial charge on any atom is 0.276 e. The van der Waals surface area contributed by atoms with E-state index in [1.807, 2.05) is 29.6 Å². The fourth-order valence-electron chi connectivity index (χ4n) is 2.06. The fraction of sp³-hybridized carbons (Fsp3) is 0.133. The van der Waals surface area contributed by atoms with E-state index in [4.69, 9.17) is 10.00 Å². The van der Waals surface area contributed by atoms with Gasteiger partial charge in [-0.3, -0.25) is 9.36 Å². The molecule has 2 heterocycles. The second kappa shape index (κ2) is 6.22. The Balaban J connectivity index is 2.27. The van der Waals surface area contributed by atoms with Crippen LogP contribution >= 0.6 is 23.1 Å². The van der Waals surface area contributed by atoms with Crippen LogP contribution in [0.3, 0.4) is 0 Å². The molecule has 0 N–H and O–H groups in total. The van der Waals surface area contributed by atoms with Gasteiger partial charge in [-0.05, 0) is 23.6 Å². The van der Waals surface area contributed by atoms with Gasteiger partial charge in [0, 0.05) is 6.07 Å². The van der Waals surface area contributed by atoms with Crippen LogP contribution < -0.4 is 10.3 Å². The summed E-state index contributed by atoms with van der Waals surface area (Å²) in [4.78, 5) is 17.3. The number of fused-ring (bicyclic) bond motifs is 1. The van der Waals surface area contributed by atoms with E-state index in [0.717, 1.165) is 0 Å². The van der Waals surface area contributed by atoms with Gasteiger partial charge in [0.25, 0.3) is 5.56 Å². The number of ether oxygens (including phenoxy) is 1. The van der Waals surface area contributed by atoms with Gasteiger partial charge in [-0.15, -0.1) is 11.3 Å². The summed E-state index contributed by atoms with van der Waals surface area (Å²) in [5.41, 5.74) is 1.20. The van der Waals surface area contributed by atoms with E-state index in [1.165, 1.54) is 27.7 Å². The lowest BCUT2D eigenvalue weighted by Crippen LogP contribution is -2.20. The van der Waals surface area contributed by atoms with Gasteiger partial charge >= 0.3 is 0 Å². The van der Waals surface area contributed by atoms with Crippen molar-refractivity contribution in [1.82, 2.24) is 9.55 Å². The second-order valence-electron chi connectivity index (χ2n) is 4.32. The molecule has 0 radical (unpaired) electrons. The maximum absolute atomic E-state index is 12.8. The van der Waals surface area contributed by atoms with Crippen LogP contribution in [0.5, 0.6) is 5.75 Å². The first-order valence-corrected chi connectivity index (χ1v) is 8.25. The molecule has 0 aliphatic heterocycles. The highest BCUT2D eigenvalue weighted by Gasteiger charge is 2.14. The van der Waals surface area contributed by atoms with Crippen LogP contribution in [0.2, 0.25) is 0 Å². The highest BCUT2D eigenvalue weighted by Crippen LogP contribution is 2.24. The number of aromatic nitrogens is 2. The van der Waals surface area contributed by atoms with Crippen LogP contribution in [0.15, 0.2) is 45.7 Å². The van der Waals surface area contributed by atoms with Gasteiger partial charge in [-0.2, -0.15) is 5.26 Å². The molecule has 1 aromatic carbocycles. The average molecular weight is 329 g/mol. The maximum atomic E-state index is 12.8. The lowest BCUT2D eigenvalue weighted by atomic mass is 10.3. The van der Waals surface area contributed by atoms with Crippen molar-refractivity contribution in [1.29, 1.82) is 5.26 Å². The number of nitriles is 1. The van der Waals surface area contributed by atoms with Crippen molar-refractivity contribution >= 4 is 33.3 Å². The zero-order valence-corrected chi connectivity index (χ0v) is 13.3. The largest absolute Gasteiger partial charge is 0.497 e. The van der Waals surface area contributed by atoms with Gasteiger partial charge in [0.15, 0.2) is 5.16 Å². The SMILES string of the molecule is COc1cccc(-n2c(SCC#N)nc3ccsc3c2=O)c1. The van der Waals surface area contributed by atoms with E-state index in [0.29, 0.717) is 26.8 Å². The molecule has 0 aliphatic carbocycles. The molecule has 3 aromatic rings. The minimum atomic E-state index is -0.131. The third kappa shape index (κ3) is 2.58. The van der Waals surface area contributed by atoms with Crippen molar-refractivity contribution in [2.24, 2.45) is 0 Å². The Morgan fingerprint density at radius 3 is 3.09 bits per heavy atom. The van der Waals surface area contributed by atoms with Crippen LogP contribution in [0, 0.1) is 11.3 Å². The number of benzene rings is 1. The molecule has 0 amide bonds. The first-order valence-electron chi connectivity index (χ1n) is 6.39. The molecule has 7 heteroatoms. The van der Waals surface area contributed by atoms with E-state index < -0.39 is 0 Å². The molecular formula is C15H11N3O2S2. The first kappa shape index (κ1) is 14.6. The number of hydrogen-bond acceptors (Lipinski definition) is 6. The lowest BCUT2D eigenvalue weighted by molar-refractivity contribution is 0.414. The van der Waals surface area contributed by atoms with Gasteiger partial charge < -0.3 is 4.74 Å². The number of nitrogens with zero attached hydrogens (tertiary/aromatic N) is 3. The quantitative estimate of drug-likeness (QED) is 0.543. The number of methoxy groups -OCH3 is 1. The van der Waals surface area contributed by atoms with Crippen LogP contribution in [-0.2, 0) is 0 Å². The van der Waals surface area contributed by atoms with Crippen molar-refractivity contribution in [3.8, 4) is 17.5 Å². The fourth-order valence-corrected chi connectivity index (χ4v) is 3.50. The Morgan fingerprint density at radius 1 is 1.45 bits per heavy atom. The minimum absolute atomic E-state index is 0.131. The highest BCUT2D eigenvalue weighted by molar-refractivity contribution is 7.99. The molecule has 0 atom stereocenters. The van der Waals surface area contributed by atoms with Crippen molar-refractivity contribution in [2.75, 3.05) is 12.9 Å². The minimum Gasteiger partial charge on any atom is -0.497 e. The van der Waals surface area contributed by atoms with Crippen LogP contribution in [0.4, 0.5) is 0 Å². The van der Waals surface area contributed by atoms with Crippen LogP contribution in [-0.4, -0.2) is 22.4 Å². The molecule has 110 valence electrons. The summed E-state index contributed by atoms with van der Waals surface area (Å²) in [5.74, 6) is 0.887. The summed E-state index contributed by atoms with van der Waals surface area (Å²) >= 11 is 2.61. The molecule has 5 nitrogen and oxygen atoms in total. The number of thioether (sulfide) groups is 1. The van der Waals surface area contributed by atoms with Crippen LogP contribution in [0.25, 0.3) is 15.9 Å². The molecule has 0 unspecified atom stereocenters. The molecule has 2 aromatic heterocycles. The monoisotopic (exact) mass is 329 g/mol. The molecule has 22 heavy (non-hydrogen) atoms. The molecular weight excluding hydrogens is 318 g/mol. The van der Waals surface area contributed by atoms with E-state index in [-0.39, 0.29) is 11.3 Å². The zero-order valence-electron chi connectivity index (χ0n) is 11.6. The summed E-state index contributed by atoms with van der Waals surface area (Å²) in [6.45, 7) is 0. The smallest absolute Gasteiger partial charge is 0.276 e. The van der Waals surface area contributed by atoms with Crippen molar-refractivity contribution in [2.45, 2.75) is 5.16 Å². The summed E-state index contributed by atoms with van der Waals surface area (Å²) in [5, 5.41) is 11.2. The Kier molecular flexibility index (Phi) is 4.13. The Hall–Kier alpha value is -2.30. The summed E-state index contributed by atoms with van der Waals surface area (Å²) < 4.78 is 7.35. The number of hydrogen-bond donors (Lipinski definition) is 0. The second-order valence-corrected chi connectivity index (χ2v) is 6.18. The molecule has 3 rings (SSSR count). The lowest BCUT2D eigenvalue weighted by Gasteiger charge is -2.11. The summed E-state index contributed by atoms with van der Waals surface area (Å²) in [7, 11) is 1.58. The number of thiophene rings is 1. The number of rotatable bonds is 4. The van der Waals surface area contributed by atoms with Crippen molar-refractivity contribution < 1.29 is 4.74 Å². The van der Waals surface area contributed by atoms with Gasteiger partial charge in [-0.1, -0.05) is 17.8 Å². The van der Waals surface area contributed by atoms with E-state index >= 15 is 0 Å². The molecule has 0 fully saturated rings. The first-order chi connectivity index (χ1) is 10.7. The van der Waals surface area contributed by atoms with E-state index in [9.17, 15) is 4.79 Å². The standard InChI is InChI=1S/C15H11N3O2S2/c1-20-11-4-2-3-10(9-11)18-14(19)13-12(5-7-21-13)17-15(18)22-8-6-16/h2-5,7,9H,8H2,1H3. The van der Waals surface area contributed by atoms with Gasteiger partial charge in [-0.25, -0.2) is 4.98 Å². The molecule has 0 spiro atoms. The Labute approximate surface area is 134 Å². The zero-order chi connectivity index (χ0) is 15.5. The third-order valence-electron chi connectivity index (χ3n) is 3.03. The summed E-state index contributed by atoms with van der Waals surface area (Å²) in [6.07, 6.45) is 0.